The first kappa shape index (κ1) is 19.7. The van der Waals surface area contributed by atoms with Crippen LogP contribution in [0.4, 0.5) is 9.52 Å². The fourth-order valence-electron chi connectivity index (χ4n) is 3.16. The highest BCUT2D eigenvalue weighted by Gasteiger charge is 2.19. The molecule has 1 aromatic carbocycles. The van der Waals surface area contributed by atoms with Crippen molar-refractivity contribution in [1.82, 2.24) is 20.0 Å². The molecule has 3 aromatic heterocycles. The second-order valence-corrected chi connectivity index (χ2v) is 8.76. The van der Waals surface area contributed by atoms with Crippen LogP contribution in [0.5, 0.6) is 0 Å². The topological polar surface area (TPSA) is 72.7 Å². The first-order valence-electron chi connectivity index (χ1n) is 9.40. The molecule has 3 heterocycles. The van der Waals surface area contributed by atoms with E-state index in [-0.39, 0.29) is 11.7 Å². The molecule has 0 aliphatic carbocycles. The van der Waals surface area contributed by atoms with Crippen molar-refractivity contribution in [3.05, 3.63) is 51.7 Å². The number of carbonyl (C=O) groups is 1. The van der Waals surface area contributed by atoms with Gasteiger partial charge in [0.2, 0.25) is 5.13 Å². The minimum Gasteiger partial charge on any atom is -0.296 e. The van der Waals surface area contributed by atoms with Gasteiger partial charge in [-0.1, -0.05) is 25.2 Å². The third-order valence-corrected chi connectivity index (χ3v) is 6.95. The Morgan fingerprint density at radius 1 is 1.17 bits per heavy atom. The number of hydrogen-bond acceptors (Lipinski definition) is 6. The van der Waals surface area contributed by atoms with Gasteiger partial charge in [-0.15, -0.1) is 21.5 Å². The smallest absolute Gasteiger partial charge is 0.267 e. The number of halogens is 1. The molecule has 4 rings (SSSR count). The lowest BCUT2D eigenvalue weighted by Gasteiger charge is -2.05. The minimum absolute atomic E-state index is 0.219. The van der Waals surface area contributed by atoms with Crippen LogP contribution in [0.15, 0.2) is 30.3 Å². The predicted octanol–water partition coefficient (Wildman–Crippen LogP) is 5.54. The molecule has 4 aromatic rings. The summed E-state index contributed by atoms with van der Waals surface area (Å²) in [7, 11) is 0. The zero-order valence-corrected chi connectivity index (χ0v) is 17.9. The van der Waals surface area contributed by atoms with Crippen molar-refractivity contribution in [2.24, 2.45) is 0 Å². The summed E-state index contributed by atoms with van der Waals surface area (Å²) in [5.41, 5.74) is 1.56. The second-order valence-electron chi connectivity index (χ2n) is 6.72. The van der Waals surface area contributed by atoms with E-state index in [1.54, 1.807) is 16.8 Å². The highest BCUT2D eigenvalue weighted by molar-refractivity contribution is 7.20. The summed E-state index contributed by atoms with van der Waals surface area (Å²) < 4.78 is 15.0. The second kappa shape index (κ2) is 8.00. The maximum absolute atomic E-state index is 13.2. The number of amides is 1. The van der Waals surface area contributed by atoms with Crippen LogP contribution in [0.2, 0.25) is 0 Å². The highest BCUT2D eigenvalue weighted by atomic mass is 32.1. The third kappa shape index (κ3) is 3.79. The molecule has 0 aliphatic heterocycles. The van der Waals surface area contributed by atoms with Crippen molar-refractivity contribution >= 4 is 43.9 Å². The van der Waals surface area contributed by atoms with E-state index in [0.717, 1.165) is 39.4 Å². The van der Waals surface area contributed by atoms with E-state index in [9.17, 15) is 9.18 Å². The molecule has 0 saturated carbocycles. The summed E-state index contributed by atoms with van der Waals surface area (Å²) in [6.07, 6.45) is 1.99. The first-order chi connectivity index (χ1) is 14.0. The third-order valence-electron chi connectivity index (χ3n) is 4.84. The average Bonchev–Trinajstić information content (AvgIpc) is 3.41. The molecule has 9 heteroatoms. The largest absolute Gasteiger partial charge is 0.296 e. The Morgan fingerprint density at radius 3 is 2.59 bits per heavy atom. The zero-order chi connectivity index (χ0) is 20.5. The number of thiophene rings is 1. The maximum Gasteiger partial charge on any atom is 0.267 e. The van der Waals surface area contributed by atoms with Crippen LogP contribution in [-0.4, -0.2) is 25.9 Å². The number of aromatic nitrogens is 4. The van der Waals surface area contributed by atoms with Crippen molar-refractivity contribution in [3.63, 3.8) is 0 Å². The number of nitrogens with one attached hydrogen (secondary N) is 1. The lowest BCUT2D eigenvalue weighted by atomic mass is 10.1. The standard InChI is InChI=1S/C20H20FN5OS2/c1-4-12(5-2)18-23-24-20(29-18)22-17(27)16-10-15-11(3)25-26(19(15)28-16)14-8-6-13(21)7-9-14/h6-10,12H,4-5H2,1-3H3,(H,22,24,27). The van der Waals surface area contributed by atoms with Gasteiger partial charge < -0.3 is 0 Å². The number of carbonyl (C=O) groups excluding carboxylic acids is 1. The van der Waals surface area contributed by atoms with Crippen LogP contribution in [0.1, 0.15) is 53.0 Å². The predicted molar refractivity (Wildman–Crippen MR) is 115 cm³/mol. The average molecular weight is 430 g/mol. The Kier molecular flexibility index (Phi) is 5.42. The van der Waals surface area contributed by atoms with Crippen molar-refractivity contribution in [2.45, 2.75) is 39.5 Å². The number of fused-ring (bicyclic) bond motifs is 1. The van der Waals surface area contributed by atoms with Gasteiger partial charge in [-0.2, -0.15) is 5.10 Å². The van der Waals surface area contributed by atoms with Crippen LogP contribution >= 0.6 is 22.7 Å². The Morgan fingerprint density at radius 2 is 1.90 bits per heavy atom. The van der Waals surface area contributed by atoms with Gasteiger partial charge in [0.1, 0.15) is 15.7 Å². The summed E-state index contributed by atoms with van der Waals surface area (Å²) in [6.45, 7) is 6.14. The number of benzene rings is 1. The summed E-state index contributed by atoms with van der Waals surface area (Å²) in [5.74, 6) is -0.153. The summed E-state index contributed by atoms with van der Waals surface area (Å²) >= 11 is 2.77. The molecule has 150 valence electrons. The first-order valence-corrected chi connectivity index (χ1v) is 11.0. The number of hydrogen-bond donors (Lipinski definition) is 1. The van der Waals surface area contributed by atoms with E-state index in [0.29, 0.717) is 15.9 Å². The van der Waals surface area contributed by atoms with Gasteiger partial charge in [0.05, 0.1) is 16.3 Å². The van der Waals surface area contributed by atoms with Crippen LogP contribution in [0, 0.1) is 12.7 Å². The monoisotopic (exact) mass is 429 g/mol. The number of nitrogens with zero attached hydrogens (tertiary/aromatic N) is 4. The van der Waals surface area contributed by atoms with E-state index < -0.39 is 0 Å². The van der Waals surface area contributed by atoms with E-state index in [1.165, 1.54) is 34.8 Å². The Hall–Kier alpha value is -2.65. The van der Waals surface area contributed by atoms with Crippen molar-refractivity contribution < 1.29 is 9.18 Å². The number of anilines is 1. The SMILES string of the molecule is CCC(CC)c1nnc(NC(=O)c2cc3c(C)nn(-c4ccc(F)cc4)c3s2)s1. The molecule has 29 heavy (non-hydrogen) atoms. The number of rotatable bonds is 6. The molecule has 1 amide bonds. The van der Waals surface area contributed by atoms with E-state index in [2.05, 4.69) is 34.5 Å². The Balaban J connectivity index is 1.60. The molecule has 6 nitrogen and oxygen atoms in total. The zero-order valence-electron chi connectivity index (χ0n) is 16.3. The molecule has 0 atom stereocenters. The van der Waals surface area contributed by atoms with Gasteiger partial charge >= 0.3 is 0 Å². The molecule has 0 fully saturated rings. The van der Waals surface area contributed by atoms with E-state index in [1.807, 2.05) is 13.0 Å². The normalized spacial score (nSPS) is 11.5. The van der Waals surface area contributed by atoms with Crippen molar-refractivity contribution in [1.29, 1.82) is 0 Å². The number of aryl methyl sites for hydroxylation is 1. The molecule has 0 unspecified atom stereocenters. The molecular formula is C20H20FN5OS2. The summed E-state index contributed by atoms with van der Waals surface area (Å²) in [5, 5.41) is 18.1. The Bertz CT molecular complexity index is 1160. The Labute approximate surface area is 175 Å². The maximum atomic E-state index is 13.2. The van der Waals surface area contributed by atoms with Crippen molar-refractivity contribution in [3.8, 4) is 5.69 Å². The quantitative estimate of drug-likeness (QED) is 0.437. The lowest BCUT2D eigenvalue weighted by molar-refractivity contribution is 0.103. The highest BCUT2D eigenvalue weighted by Crippen LogP contribution is 2.32. The fraction of sp³-hybridized carbons (Fsp3) is 0.300. The molecule has 1 N–H and O–H groups in total. The van der Waals surface area contributed by atoms with Gasteiger partial charge in [-0.25, -0.2) is 9.07 Å². The molecule has 0 aliphatic rings. The lowest BCUT2D eigenvalue weighted by Crippen LogP contribution is -2.09. The van der Waals surface area contributed by atoms with Crippen LogP contribution in [-0.2, 0) is 0 Å². The van der Waals surface area contributed by atoms with E-state index in [4.69, 9.17) is 0 Å². The fourth-order valence-corrected chi connectivity index (χ4v) is 5.25. The van der Waals surface area contributed by atoms with E-state index >= 15 is 0 Å². The summed E-state index contributed by atoms with van der Waals surface area (Å²) in [6, 6.07) is 7.96. The molecule has 0 spiro atoms. The molecule has 0 saturated heterocycles. The van der Waals surface area contributed by atoms with Gasteiger partial charge in [0.15, 0.2) is 0 Å². The van der Waals surface area contributed by atoms with Gasteiger partial charge in [-0.3, -0.25) is 10.1 Å². The molecular weight excluding hydrogens is 409 g/mol. The minimum atomic E-state index is -0.301. The van der Waals surface area contributed by atoms with Crippen LogP contribution in [0.3, 0.4) is 0 Å². The van der Waals surface area contributed by atoms with Gasteiger partial charge in [0.25, 0.3) is 5.91 Å². The molecule has 0 radical (unpaired) electrons. The van der Waals surface area contributed by atoms with Crippen molar-refractivity contribution in [2.75, 3.05) is 5.32 Å². The van der Waals surface area contributed by atoms with Gasteiger partial charge in [-0.05, 0) is 50.1 Å². The van der Waals surface area contributed by atoms with Crippen LogP contribution < -0.4 is 5.32 Å². The molecule has 0 bridgehead atoms. The van der Waals surface area contributed by atoms with Crippen LogP contribution in [0.25, 0.3) is 15.9 Å². The van der Waals surface area contributed by atoms with Gasteiger partial charge in [0, 0.05) is 11.3 Å². The summed E-state index contributed by atoms with van der Waals surface area (Å²) in [4.78, 5) is 14.2.